The molecule has 2 amide bonds. The van der Waals surface area contributed by atoms with Crippen molar-refractivity contribution in [2.24, 2.45) is 10.4 Å². The second-order valence-electron chi connectivity index (χ2n) is 10.0. The first-order valence-electron chi connectivity index (χ1n) is 11.3. The smallest absolute Gasteiger partial charge is 0.410 e. The van der Waals surface area contributed by atoms with E-state index in [1.807, 2.05) is 31.7 Å². The molecular formula is C24H30BrFN4O3. The fraction of sp³-hybridized carbons (Fsp3) is 0.542. The summed E-state index contributed by atoms with van der Waals surface area (Å²) in [5.41, 5.74) is 0.760. The van der Waals surface area contributed by atoms with Gasteiger partial charge >= 0.3 is 6.09 Å². The molecule has 3 aliphatic heterocycles. The number of halogens is 2. The van der Waals surface area contributed by atoms with Crippen LogP contribution in [0.1, 0.15) is 46.5 Å². The van der Waals surface area contributed by atoms with Gasteiger partial charge in [0.05, 0.1) is 11.4 Å². The van der Waals surface area contributed by atoms with Crippen molar-refractivity contribution in [2.75, 3.05) is 36.4 Å². The maximum absolute atomic E-state index is 14.9. The number of allylic oxidation sites excluding steroid dienone is 1. The van der Waals surface area contributed by atoms with E-state index in [1.54, 1.807) is 17.0 Å². The lowest BCUT2D eigenvalue weighted by Gasteiger charge is -2.41. The molecule has 3 aliphatic rings. The Hall–Kier alpha value is -2.42. The molecule has 0 aliphatic carbocycles. The lowest BCUT2D eigenvalue weighted by Crippen LogP contribution is -2.43. The number of piperidine rings is 1. The topological polar surface area (TPSA) is 74.2 Å². The van der Waals surface area contributed by atoms with Crippen LogP contribution < -0.4 is 10.2 Å². The zero-order chi connectivity index (χ0) is 23.8. The van der Waals surface area contributed by atoms with Crippen LogP contribution in [0.4, 0.5) is 20.6 Å². The summed E-state index contributed by atoms with van der Waals surface area (Å²) < 4.78 is 21.1. The highest BCUT2D eigenvalue weighted by atomic mass is 79.9. The lowest BCUT2D eigenvalue weighted by molar-refractivity contribution is -0.110. The summed E-state index contributed by atoms with van der Waals surface area (Å²) in [4.78, 5) is 33.1. The van der Waals surface area contributed by atoms with Gasteiger partial charge in [-0.2, -0.15) is 0 Å². The number of rotatable bonds is 3. The number of ether oxygens (including phenoxy) is 1. The van der Waals surface area contributed by atoms with Gasteiger partial charge < -0.3 is 19.9 Å². The number of amides is 2. The third-order valence-corrected chi connectivity index (χ3v) is 6.93. The van der Waals surface area contributed by atoms with Gasteiger partial charge in [-0.3, -0.25) is 4.79 Å². The van der Waals surface area contributed by atoms with Crippen LogP contribution in [0.25, 0.3) is 0 Å². The number of nitrogens with one attached hydrogen (secondary N) is 1. The Morgan fingerprint density at radius 2 is 1.88 bits per heavy atom. The third-order valence-electron chi connectivity index (χ3n) is 6.43. The Labute approximate surface area is 202 Å². The van der Waals surface area contributed by atoms with Crippen LogP contribution in [0.3, 0.4) is 0 Å². The number of nitrogens with zero attached hydrogens (tertiary/aromatic N) is 3. The average molecular weight is 521 g/mol. The van der Waals surface area contributed by atoms with Gasteiger partial charge in [0.25, 0.3) is 5.91 Å². The van der Waals surface area contributed by atoms with Gasteiger partial charge in [0.15, 0.2) is 0 Å². The number of para-hydroxylation sites is 1. The molecule has 0 saturated carbocycles. The molecule has 4 rings (SSSR count). The van der Waals surface area contributed by atoms with Crippen molar-refractivity contribution < 1.29 is 18.7 Å². The molecule has 0 aromatic heterocycles. The number of carbonyl (C=O) groups excluding carboxylic acids is 2. The molecule has 0 unspecified atom stereocenters. The third kappa shape index (κ3) is 5.39. The van der Waals surface area contributed by atoms with E-state index < -0.39 is 5.60 Å². The lowest BCUT2D eigenvalue weighted by atomic mass is 9.77. The van der Waals surface area contributed by atoms with Crippen molar-refractivity contribution in [1.29, 1.82) is 0 Å². The highest BCUT2D eigenvalue weighted by Crippen LogP contribution is 2.43. The molecule has 2 saturated heterocycles. The maximum Gasteiger partial charge on any atom is 0.410 e. The number of likely N-dealkylation sites (tertiary alicyclic amines) is 1. The summed E-state index contributed by atoms with van der Waals surface area (Å²) in [7, 11) is 0. The summed E-state index contributed by atoms with van der Waals surface area (Å²) in [6.07, 6.45) is 4.60. The Balaban J connectivity index is 1.42. The van der Waals surface area contributed by atoms with E-state index in [0.717, 1.165) is 19.3 Å². The highest BCUT2D eigenvalue weighted by Gasteiger charge is 2.43. The standard InChI is InChI=1S/C24H30BrFN4O3/c1-23(2,3)33-22(32)30-14-11-24(15-30)9-12-29(13-10-24)20-16(26)5-4-6-17(20)28-21(31)18-7-8-19(25)27-18/h4-6,8H,7,9-15H2,1-3H3,(H,28,31). The SMILES string of the molecule is CC(C)(C)OC(=O)N1CCC2(CCN(c3c(F)cccc3NC(=O)C3=NC(Br)=CC3)CC2)C1. The van der Waals surface area contributed by atoms with E-state index >= 15 is 0 Å². The first kappa shape index (κ1) is 23.7. The molecule has 2 fully saturated rings. The van der Waals surface area contributed by atoms with Gasteiger partial charge in [-0.05, 0) is 79.6 Å². The van der Waals surface area contributed by atoms with Gasteiger partial charge in [-0.1, -0.05) is 6.07 Å². The van der Waals surface area contributed by atoms with Crippen LogP contribution >= 0.6 is 15.9 Å². The first-order chi connectivity index (χ1) is 15.6. The number of benzene rings is 1. The molecule has 0 radical (unpaired) electrons. The van der Waals surface area contributed by atoms with Crippen LogP contribution in [0.2, 0.25) is 0 Å². The molecule has 1 aromatic rings. The van der Waals surface area contributed by atoms with Crippen molar-refractivity contribution in [1.82, 2.24) is 4.90 Å². The monoisotopic (exact) mass is 520 g/mol. The summed E-state index contributed by atoms with van der Waals surface area (Å²) >= 11 is 3.27. The molecule has 0 atom stereocenters. The van der Waals surface area contributed by atoms with E-state index in [1.165, 1.54) is 6.07 Å². The minimum atomic E-state index is -0.516. The minimum Gasteiger partial charge on any atom is -0.444 e. The second-order valence-corrected chi connectivity index (χ2v) is 10.8. The van der Waals surface area contributed by atoms with Crippen LogP contribution in [0.5, 0.6) is 0 Å². The molecule has 3 heterocycles. The van der Waals surface area contributed by atoms with Crippen LogP contribution in [0.15, 0.2) is 33.9 Å². The molecule has 1 N–H and O–H groups in total. The van der Waals surface area contributed by atoms with Gasteiger partial charge in [0, 0.05) is 32.6 Å². The highest BCUT2D eigenvalue weighted by molar-refractivity contribution is 9.11. The Morgan fingerprint density at radius 1 is 1.18 bits per heavy atom. The van der Waals surface area contributed by atoms with Crippen molar-refractivity contribution in [2.45, 2.75) is 52.1 Å². The molecule has 1 aromatic carbocycles. The summed E-state index contributed by atoms with van der Waals surface area (Å²) in [5.74, 6) is -0.692. The van der Waals surface area contributed by atoms with Crippen molar-refractivity contribution >= 4 is 45.0 Å². The Kier molecular flexibility index (Phi) is 6.53. The van der Waals surface area contributed by atoms with E-state index in [-0.39, 0.29) is 23.2 Å². The average Bonchev–Trinajstić information content (AvgIpc) is 3.35. The normalized spacial score (nSPS) is 20.0. The van der Waals surface area contributed by atoms with Crippen molar-refractivity contribution in [3.63, 3.8) is 0 Å². The molecule has 9 heteroatoms. The van der Waals surface area contributed by atoms with Gasteiger partial charge in [-0.25, -0.2) is 14.2 Å². The Bertz CT molecular complexity index is 1010. The van der Waals surface area contributed by atoms with Gasteiger partial charge in [0.1, 0.15) is 21.7 Å². The molecule has 1 spiro atoms. The van der Waals surface area contributed by atoms with E-state index in [2.05, 4.69) is 26.2 Å². The first-order valence-corrected chi connectivity index (χ1v) is 12.1. The molecule has 33 heavy (non-hydrogen) atoms. The molecule has 7 nitrogen and oxygen atoms in total. The molecular weight excluding hydrogens is 491 g/mol. The summed E-state index contributed by atoms with van der Waals surface area (Å²) in [6, 6.07) is 4.74. The fourth-order valence-electron chi connectivity index (χ4n) is 4.71. The Morgan fingerprint density at radius 3 is 2.52 bits per heavy atom. The van der Waals surface area contributed by atoms with Crippen LogP contribution in [-0.2, 0) is 9.53 Å². The number of hydrogen-bond donors (Lipinski definition) is 1. The van der Waals surface area contributed by atoms with E-state index in [9.17, 15) is 14.0 Å². The largest absolute Gasteiger partial charge is 0.444 e. The van der Waals surface area contributed by atoms with Crippen molar-refractivity contribution in [3.8, 4) is 0 Å². The van der Waals surface area contributed by atoms with E-state index in [0.29, 0.717) is 54.3 Å². The fourth-order valence-corrected chi connectivity index (χ4v) is 5.08. The van der Waals surface area contributed by atoms with Crippen LogP contribution in [-0.4, -0.2) is 54.4 Å². The second kappa shape index (κ2) is 9.08. The number of carbonyl (C=O) groups is 2. The van der Waals surface area contributed by atoms with Crippen molar-refractivity contribution in [3.05, 3.63) is 34.7 Å². The zero-order valence-corrected chi connectivity index (χ0v) is 20.9. The van der Waals surface area contributed by atoms with E-state index in [4.69, 9.17) is 4.74 Å². The summed E-state index contributed by atoms with van der Waals surface area (Å²) in [5, 5.41) is 2.84. The predicted molar refractivity (Wildman–Crippen MR) is 130 cm³/mol. The number of aliphatic imine (C=N–C) groups is 1. The summed E-state index contributed by atoms with van der Waals surface area (Å²) in [6.45, 7) is 8.26. The predicted octanol–water partition coefficient (Wildman–Crippen LogP) is 5.07. The molecule has 178 valence electrons. The maximum atomic E-state index is 14.9. The number of hydrogen-bond acceptors (Lipinski definition) is 5. The number of anilines is 2. The quantitative estimate of drug-likeness (QED) is 0.564. The minimum absolute atomic E-state index is 0.0264. The van der Waals surface area contributed by atoms with Gasteiger partial charge in [-0.15, -0.1) is 0 Å². The van der Waals surface area contributed by atoms with Gasteiger partial charge in [0.2, 0.25) is 0 Å². The van der Waals surface area contributed by atoms with Crippen LogP contribution in [0, 0.1) is 11.2 Å². The zero-order valence-electron chi connectivity index (χ0n) is 19.3. The molecule has 0 bridgehead atoms.